The molecule has 0 aliphatic carbocycles. The Kier molecular flexibility index (Phi) is 5.49. The fourth-order valence-corrected chi connectivity index (χ4v) is 2.27. The quantitative estimate of drug-likeness (QED) is 0.806. The van der Waals surface area contributed by atoms with Crippen LogP contribution < -0.4 is 10.6 Å². The van der Waals surface area contributed by atoms with Crippen LogP contribution in [-0.4, -0.2) is 38.3 Å². The lowest BCUT2D eigenvalue weighted by Crippen LogP contribution is -2.35. The molecule has 0 bridgehead atoms. The van der Waals surface area contributed by atoms with Gasteiger partial charge in [-0.05, 0) is 44.5 Å². The summed E-state index contributed by atoms with van der Waals surface area (Å²) in [6, 6.07) is 4.82. The molecule has 0 atom stereocenters. The first-order chi connectivity index (χ1) is 9.68. The van der Waals surface area contributed by atoms with E-state index in [1.54, 1.807) is 19.1 Å². The molecule has 110 valence electrons. The van der Waals surface area contributed by atoms with Crippen molar-refractivity contribution in [3.8, 4) is 0 Å². The summed E-state index contributed by atoms with van der Waals surface area (Å²) in [5, 5.41) is 5.95. The molecular formula is C15H21FN2O2. The van der Waals surface area contributed by atoms with Crippen LogP contribution in [0.25, 0.3) is 0 Å². The summed E-state index contributed by atoms with van der Waals surface area (Å²) < 4.78 is 19.4. The average molecular weight is 280 g/mol. The molecule has 1 aromatic carbocycles. The lowest BCUT2D eigenvalue weighted by molar-refractivity contribution is 0.0343. The van der Waals surface area contributed by atoms with Gasteiger partial charge in [0.2, 0.25) is 0 Å². The van der Waals surface area contributed by atoms with Crippen LogP contribution in [-0.2, 0) is 4.74 Å². The van der Waals surface area contributed by atoms with E-state index in [9.17, 15) is 9.18 Å². The maximum absolute atomic E-state index is 13.8. The Bertz CT molecular complexity index is 459. The summed E-state index contributed by atoms with van der Waals surface area (Å²) in [6.45, 7) is 4.46. The fourth-order valence-electron chi connectivity index (χ4n) is 2.27. The zero-order valence-corrected chi connectivity index (χ0v) is 11.7. The van der Waals surface area contributed by atoms with Gasteiger partial charge in [0.15, 0.2) is 0 Å². The van der Waals surface area contributed by atoms with Crippen molar-refractivity contribution >= 4 is 5.91 Å². The molecule has 1 heterocycles. The summed E-state index contributed by atoms with van der Waals surface area (Å²) in [4.78, 5) is 11.9. The van der Waals surface area contributed by atoms with Gasteiger partial charge in [0, 0.05) is 6.54 Å². The predicted octanol–water partition coefficient (Wildman–Crippen LogP) is 1.63. The number of benzene rings is 1. The molecule has 5 heteroatoms. The second-order valence-corrected chi connectivity index (χ2v) is 5.01. The second-order valence-electron chi connectivity index (χ2n) is 5.01. The fraction of sp³-hybridized carbons (Fsp3) is 0.533. The van der Waals surface area contributed by atoms with E-state index in [0.29, 0.717) is 18.7 Å². The highest BCUT2D eigenvalue weighted by Gasteiger charge is 2.14. The number of aryl methyl sites for hydroxylation is 1. The molecule has 0 saturated carbocycles. The van der Waals surface area contributed by atoms with Crippen molar-refractivity contribution in [2.75, 3.05) is 26.2 Å². The van der Waals surface area contributed by atoms with Gasteiger partial charge in [-0.25, -0.2) is 4.39 Å². The molecule has 2 rings (SSSR count). The van der Waals surface area contributed by atoms with Gasteiger partial charge in [0.05, 0.1) is 18.3 Å². The maximum Gasteiger partial charge on any atom is 0.254 e. The average Bonchev–Trinajstić information content (AvgIpc) is 2.47. The minimum Gasteiger partial charge on any atom is -0.376 e. The minimum absolute atomic E-state index is 0.0897. The van der Waals surface area contributed by atoms with Gasteiger partial charge in [-0.15, -0.1) is 0 Å². The third kappa shape index (κ3) is 4.02. The number of carbonyl (C=O) groups excluding carboxylic acids is 1. The summed E-state index contributed by atoms with van der Waals surface area (Å²) >= 11 is 0. The number of ether oxygens (including phenoxy) is 1. The number of carbonyl (C=O) groups is 1. The molecule has 0 spiro atoms. The lowest BCUT2D eigenvalue weighted by Gasteiger charge is -2.22. The zero-order valence-electron chi connectivity index (χ0n) is 11.7. The third-order valence-electron chi connectivity index (χ3n) is 3.46. The van der Waals surface area contributed by atoms with Gasteiger partial charge in [0.25, 0.3) is 5.91 Å². The van der Waals surface area contributed by atoms with Gasteiger partial charge in [-0.1, -0.05) is 12.1 Å². The van der Waals surface area contributed by atoms with Crippen LogP contribution in [0.3, 0.4) is 0 Å². The van der Waals surface area contributed by atoms with Crippen LogP contribution in [0, 0.1) is 12.7 Å². The van der Waals surface area contributed by atoms with Crippen molar-refractivity contribution in [3.05, 3.63) is 35.1 Å². The van der Waals surface area contributed by atoms with E-state index in [1.807, 2.05) is 0 Å². The first-order valence-corrected chi connectivity index (χ1v) is 7.04. The molecule has 4 nitrogen and oxygen atoms in total. The standard InChI is InChI=1S/C15H21FN2O2/c1-11-3-2-4-13(14(11)16)15(19)18-9-10-20-12-5-7-17-8-6-12/h2-4,12,17H,5-10H2,1H3,(H,18,19). The van der Waals surface area contributed by atoms with E-state index in [1.165, 1.54) is 6.07 Å². The van der Waals surface area contributed by atoms with Crippen LogP contribution in [0.1, 0.15) is 28.8 Å². The van der Waals surface area contributed by atoms with Crippen LogP contribution in [0.4, 0.5) is 4.39 Å². The number of hydrogen-bond donors (Lipinski definition) is 2. The molecule has 2 N–H and O–H groups in total. The SMILES string of the molecule is Cc1cccc(C(=O)NCCOC2CCNCC2)c1F. The summed E-state index contributed by atoms with van der Waals surface area (Å²) in [5.41, 5.74) is 0.565. The first-order valence-electron chi connectivity index (χ1n) is 7.04. The Morgan fingerprint density at radius 2 is 2.20 bits per heavy atom. The van der Waals surface area contributed by atoms with Crippen LogP contribution in [0.2, 0.25) is 0 Å². The first kappa shape index (κ1) is 14.9. The van der Waals surface area contributed by atoms with Crippen molar-refractivity contribution in [2.45, 2.75) is 25.9 Å². The Hall–Kier alpha value is -1.46. The topological polar surface area (TPSA) is 50.4 Å². The minimum atomic E-state index is -0.454. The van der Waals surface area contributed by atoms with Gasteiger partial charge < -0.3 is 15.4 Å². The van der Waals surface area contributed by atoms with E-state index in [-0.39, 0.29) is 17.6 Å². The summed E-state index contributed by atoms with van der Waals surface area (Å²) in [6.07, 6.45) is 2.27. The van der Waals surface area contributed by atoms with Crippen molar-refractivity contribution in [2.24, 2.45) is 0 Å². The van der Waals surface area contributed by atoms with Crippen molar-refractivity contribution < 1.29 is 13.9 Å². The molecule has 0 aromatic heterocycles. The van der Waals surface area contributed by atoms with Gasteiger partial charge in [-0.2, -0.15) is 0 Å². The van der Waals surface area contributed by atoms with Crippen molar-refractivity contribution in [3.63, 3.8) is 0 Å². The van der Waals surface area contributed by atoms with Crippen molar-refractivity contribution in [1.29, 1.82) is 0 Å². The molecule has 0 radical (unpaired) electrons. The number of piperidine rings is 1. The highest BCUT2D eigenvalue weighted by Crippen LogP contribution is 2.11. The van der Waals surface area contributed by atoms with Crippen molar-refractivity contribution in [1.82, 2.24) is 10.6 Å². The predicted molar refractivity (Wildman–Crippen MR) is 75.3 cm³/mol. The Morgan fingerprint density at radius 3 is 2.95 bits per heavy atom. The third-order valence-corrected chi connectivity index (χ3v) is 3.46. The molecule has 0 unspecified atom stereocenters. The number of hydrogen-bond acceptors (Lipinski definition) is 3. The Balaban J connectivity index is 1.73. The van der Waals surface area contributed by atoms with E-state index < -0.39 is 5.82 Å². The molecule has 1 aliphatic heterocycles. The lowest BCUT2D eigenvalue weighted by atomic mass is 10.1. The molecule has 1 aliphatic rings. The smallest absolute Gasteiger partial charge is 0.254 e. The van der Waals surface area contributed by atoms with E-state index in [4.69, 9.17) is 4.74 Å². The number of halogens is 1. The van der Waals surface area contributed by atoms with E-state index in [2.05, 4.69) is 10.6 Å². The largest absolute Gasteiger partial charge is 0.376 e. The highest BCUT2D eigenvalue weighted by atomic mass is 19.1. The summed E-state index contributed by atoms with van der Waals surface area (Å²) in [7, 11) is 0. The van der Waals surface area contributed by atoms with E-state index in [0.717, 1.165) is 25.9 Å². The van der Waals surface area contributed by atoms with Crippen LogP contribution in [0.15, 0.2) is 18.2 Å². The summed E-state index contributed by atoms with van der Waals surface area (Å²) in [5.74, 6) is -0.843. The number of nitrogens with one attached hydrogen (secondary N) is 2. The number of amides is 1. The molecular weight excluding hydrogens is 259 g/mol. The van der Waals surface area contributed by atoms with E-state index >= 15 is 0 Å². The van der Waals surface area contributed by atoms with Gasteiger partial charge in [0.1, 0.15) is 5.82 Å². The maximum atomic E-state index is 13.8. The van der Waals surface area contributed by atoms with Crippen LogP contribution in [0.5, 0.6) is 0 Å². The zero-order chi connectivity index (χ0) is 14.4. The number of rotatable bonds is 5. The normalized spacial score (nSPS) is 16.1. The highest BCUT2D eigenvalue weighted by molar-refractivity contribution is 5.94. The Labute approximate surface area is 118 Å². The van der Waals surface area contributed by atoms with Gasteiger partial charge in [-0.3, -0.25) is 4.79 Å². The molecule has 20 heavy (non-hydrogen) atoms. The monoisotopic (exact) mass is 280 g/mol. The van der Waals surface area contributed by atoms with Crippen LogP contribution >= 0.6 is 0 Å². The molecule has 1 amide bonds. The Morgan fingerprint density at radius 1 is 1.45 bits per heavy atom. The molecule has 1 aromatic rings. The van der Waals surface area contributed by atoms with Gasteiger partial charge >= 0.3 is 0 Å². The molecule has 1 saturated heterocycles. The second kappa shape index (κ2) is 7.36. The molecule has 1 fully saturated rings.